The summed E-state index contributed by atoms with van der Waals surface area (Å²) in [5, 5.41) is 13.0. The molecule has 1 unspecified atom stereocenters. The van der Waals surface area contributed by atoms with Crippen molar-refractivity contribution in [2.75, 3.05) is 0 Å². The lowest BCUT2D eigenvalue weighted by Gasteiger charge is -2.13. The molecule has 1 atom stereocenters. The highest BCUT2D eigenvalue weighted by molar-refractivity contribution is 5.83. The van der Waals surface area contributed by atoms with Crippen LogP contribution in [0.5, 0.6) is 5.75 Å². The number of carboxylic acid groups (broad SMARTS) is 1. The molecule has 1 heterocycles. The summed E-state index contributed by atoms with van der Waals surface area (Å²) in [6.07, 6.45) is 1.63. The Hall–Kier alpha value is -2.37. The molecule has 112 valence electrons. The summed E-state index contributed by atoms with van der Waals surface area (Å²) in [4.78, 5) is 15.0. The Balaban J connectivity index is 2.37. The molecule has 1 aromatic carbocycles. The van der Waals surface area contributed by atoms with E-state index in [0.717, 1.165) is 17.9 Å². The highest BCUT2D eigenvalue weighted by atomic mass is 16.5. The molecule has 1 aromatic heterocycles. The summed E-state index contributed by atoms with van der Waals surface area (Å²) in [6.45, 7) is 5.97. The molecular formula is C15H19N3O3. The molecule has 2 rings (SSSR count). The standard InChI is InChI=1S/C15H19N3O3/c1-4-10(3)21-12-8-6-7-11(9-12)18-13(5-2)16-14(17-18)15(19)20/h6-10H,4-5H2,1-3H3,(H,19,20). The maximum atomic E-state index is 11.0. The van der Waals surface area contributed by atoms with Gasteiger partial charge >= 0.3 is 5.97 Å². The smallest absolute Gasteiger partial charge is 0.375 e. The highest BCUT2D eigenvalue weighted by Gasteiger charge is 2.15. The van der Waals surface area contributed by atoms with Gasteiger partial charge in [0, 0.05) is 12.5 Å². The Morgan fingerprint density at radius 1 is 1.43 bits per heavy atom. The van der Waals surface area contributed by atoms with Gasteiger partial charge in [0.1, 0.15) is 11.6 Å². The van der Waals surface area contributed by atoms with Gasteiger partial charge in [-0.05, 0) is 25.5 Å². The monoisotopic (exact) mass is 289 g/mol. The van der Waals surface area contributed by atoms with Gasteiger partial charge in [-0.1, -0.05) is 19.9 Å². The fourth-order valence-electron chi connectivity index (χ4n) is 1.87. The van der Waals surface area contributed by atoms with Crippen LogP contribution in [0.2, 0.25) is 0 Å². The number of benzene rings is 1. The van der Waals surface area contributed by atoms with Crippen molar-refractivity contribution < 1.29 is 14.6 Å². The van der Waals surface area contributed by atoms with Gasteiger partial charge < -0.3 is 9.84 Å². The maximum absolute atomic E-state index is 11.0. The number of carbonyl (C=O) groups is 1. The van der Waals surface area contributed by atoms with Gasteiger partial charge in [-0.15, -0.1) is 5.10 Å². The molecule has 1 N–H and O–H groups in total. The molecule has 0 radical (unpaired) electrons. The van der Waals surface area contributed by atoms with Crippen molar-refractivity contribution in [2.45, 2.75) is 39.7 Å². The van der Waals surface area contributed by atoms with E-state index in [1.165, 1.54) is 0 Å². The number of nitrogens with zero attached hydrogens (tertiary/aromatic N) is 3. The van der Waals surface area contributed by atoms with Crippen LogP contribution < -0.4 is 4.74 Å². The zero-order valence-electron chi connectivity index (χ0n) is 12.4. The molecule has 6 nitrogen and oxygen atoms in total. The molecule has 0 saturated carbocycles. The summed E-state index contributed by atoms with van der Waals surface area (Å²) in [7, 11) is 0. The largest absolute Gasteiger partial charge is 0.491 e. The van der Waals surface area contributed by atoms with Crippen molar-refractivity contribution >= 4 is 5.97 Å². The van der Waals surface area contributed by atoms with Crippen LogP contribution in [0.1, 0.15) is 43.6 Å². The van der Waals surface area contributed by atoms with Gasteiger partial charge in [0.25, 0.3) is 5.82 Å². The summed E-state index contributed by atoms with van der Waals surface area (Å²) >= 11 is 0. The molecule has 2 aromatic rings. The first kappa shape index (κ1) is 15.0. The first-order valence-electron chi connectivity index (χ1n) is 7.01. The topological polar surface area (TPSA) is 77.2 Å². The van der Waals surface area contributed by atoms with Gasteiger partial charge in [-0.25, -0.2) is 14.5 Å². The van der Waals surface area contributed by atoms with Crippen molar-refractivity contribution in [1.82, 2.24) is 14.8 Å². The van der Waals surface area contributed by atoms with Crippen LogP contribution in [-0.4, -0.2) is 31.9 Å². The molecule has 0 aliphatic rings. The number of ether oxygens (including phenoxy) is 1. The second-order valence-electron chi connectivity index (χ2n) is 4.76. The summed E-state index contributed by atoms with van der Waals surface area (Å²) in [5.41, 5.74) is 0.743. The van der Waals surface area contributed by atoms with Crippen molar-refractivity contribution in [3.63, 3.8) is 0 Å². The zero-order valence-corrected chi connectivity index (χ0v) is 12.4. The number of hydrogen-bond donors (Lipinski definition) is 1. The predicted octanol–water partition coefficient (Wildman–Crippen LogP) is 2.71. The first-order valence-corrected chi connectivity index (χ1v) is 7.01. The summed E-state index contributed by atoms with van der Waals surface area (Å²) in [5.74, 6) is 0.0138. The zero-order chi connectivity index (χ0) is 15.4. The summed E-state index contributed by atoms with van der Waals surface area (Å²) < 4.78 is 7.32. The van der Waals surface area contributed by atoms with Gasteiger partial charge in [0.05, 0.1) is 11.8 Å². The van der Waals surface area contributed by atoms with Crippen LogP contribution in [-0.2, 0) is 6.42 Å². The van der Waals surface area contributed by atoms with Crippen LogP contribution in [0.15, 0.2) is 24.3 Å². The third-order valence-electron chi connectivity index (χ3n) is 3.16. The van der Waals surface area contributed by atoms with Crippen LogP contribution in [0.3, 0.4) is 0 Å². The van der Waals surface area contributed by atoms with Crippen LogP contribution in [0.25, 0.3) is 5.69 Å². The van der Waals surface area contributed by atoms with Crippen molar-refractivity contribution in [3.8, 4) is 11.4 Å². The minimum Gasteiger partial charge on any atom is -0.491 e. The van der Waals surface area contributed by atoms with E-state index in [9.17, 15) is 4.79 Å². The fraction of sp³-hybridized carbons (Fsp3) is 0.400. The van der Waals surface area contributed by atoms with E-state index in [1.54, 1.807) is 4.68 Å². The lowest BCUT2D eigenvalue weighted by Crippen LogP contribution is -2.10. The van der Waals surface area contributed by atoms with Crippen LogP contribution >= 0.6 is 0 Å². The maximum Gasteiger partial charge on any atom is 0.375 e. The Morgan fingerprint density at radius 2 is 2.19 bits per heavy atom. The third kappa shape index (κ3) is 3.39. The van der Waals surface area contributed by atoms with E-state index < -0.39 is 5.97 Å². The number of aryl methyl sites for hydroxylation is 1. The molecule has 0 bridgehead atoms. The number of hydrogen-bond acceptors (Lipinski definition) is 4. The van der Waals surface area contributed by atoms with Crippen molar-refractivity contribution in [1.29, 1.82) is 0 Å². The second kappa shape index (κ2) is 6.39. The fourth-order valence-corrected chi connectivity index (χ4v) is 1.87. The molecule has 0 spiro atoms. The van der Waals surface area contributed by atoms with Crippen LogP contribution in [0, 0.1) is 0 Å². The van der Waals surface area contributed by atoms with Crippen molar-refractivity contribution in [2.24, 2.45) is 0 Å². The van der Waals surface area contributed by atoms with Crippen molar-refractivity contribution in [3.05, 3.63) is 35.9 Å². The average molecular weight is 289 g/mol. The molecule has 6 heteroatoms. The van der Waals surface area contributed by atoms with E-state index in [1.807, 2.05) is 38.1 Å². The van der Waals surface area contributed by atoms with E-state index in [4.69, 9.17) is 9.84 Å². The molecule has 0 amide bonds. The Morgan fingerprint density at radius 3 is 2.81 bits per heavy atom. The quantitative estimate of drug-likeness (QED) is 0.884. The number of aromatic nitrogens is 3. The van der Waals surface area contributed by atoms with E-state index in [0.29, 0.717) is 12.2 Å². The van der Waals surface area contributed by atoms with Gasteiger partial charge in [-0.2, -0.15) is 0 Å². The van der Waals surface area contributed by atoms with Gasteiger partial charge in [0.15, 0.2) is 0 Å². The van der Waals surface area contributed by atoms with E-state index in [2.05, 4.69) is 17.0 Å². The Kier molecular flexibility index (Phi) is 4.57. The van der Waals surface area contributed by atoms with Gasteiger partial charge in [0.2, 0.25) is 0 Å². The van der Waals surface area contributed by atoms with E-state index in [-0.39, 0.29) is 11.9 Å². The normalized spacial score (nSPS) is 12.1. The number of carboxylic acids is 1. The lowest BCUT2D eigenvalue weighted by molar-refractivity contribution is 0.0683. The second-order valence-corrected chi connectivity index (χ2v) is 4.76. The lowest BCUT2D eigenvalue weighted by atomic mass is 10.2. The Labute approximate surface area is 123 Å². The molecule has 0 fully saturated rings. The molecule has 0 aliphatic heterocycles. The summed E-state index contributed by atoms with van der Waals surface area (Å²) in [6, 6.07) is 7.42. The molecule has 0 aliphatic carbocycles. The molecule has 21 heavy (non-hydrogen) atoms. The van der Waals surface area contributed by atoms with Gasteiger partial charge in [-0.3, -0.25) is 0 Å². The first-order chi connectivity index (χ1) is 10.0. The minimum absolute atomic E-state index is 0.122. The Bertz CT molecular complexity index is 637. The minimum atomic E-state index is -1.13. The molecule has 0 saturated heterocycles. The highest BCUT2D eigenvalue weighted by Crippen LogP contribution is 2.19. The van der Waals surface area contributed by atoms with E-state index >= 15 is 0 Å². The average Bonchev–Trinajstić information content (AvgIpc) is 2.92. The van der Waals surface area contributed by atoms with Crippen LogP contribution in [0.4, 0.5) is 0 Å². The SMILES string of the molecule is CCc1nc(C(=O)O)nn1-c1cccc(OC(C)CC)c1. The number of aromatic carboxylic acids is 1. The predicted molar refractivity (Wildman–Crippen MR) is 78.1 cm³/mol. The third-order valence-corrected chi connectivity index (χ3v) is 3.16. The number of rotatable bonds is 6. The molecular weight excluding hydrogens is 270 g/mol.